The lowest BCUT2D eigenvalue weighted by atomic mass is 10.1. The van der Waals surface area contributed by atoms with Crippen molar-refractivity contribution in [1.82, 2.24) is 10.2 Å². The van der Waals surface area contributed by atoms with E-state index in [0.717, 1.165) is 37.7 Å². The molecule has 4 heteroatoms. The highest BCUT2D eigenvalue weighted by atomic mass is 16.7. The lowest BCUT2D eigenvalue weighted by Crippen LogP contribution is -2.48. The molecule has 1 saturated heterocycles. The minimum Gasteiger partial charge on any atom is -0.454 e. The lowest BCUT2D eigenvalue weighted by Gasteiger charge is -2.31. The fraction of sp³-hybridized carbons (Fsp3) is 0.538. The quantitative estimate of drug-likeness (QED) is 0.834. The molecule has 0 radical (unpaired) electrons. The second-order valence-electron chi connectivity index (χ2n) is 4.74. The van der Waals surface area contributed by atoms with Gasteiger partial charge in [0.15, 0.2) is 11.5 Å². The Morgan fingerprint density at radius 1 is 1.41 bits per heavy atom. The molecule has 0 saturated carbocycles. The van der Waals surface area contributed by atoms with Crippen molar-refractivity contribution in [3.63, 3.8) is 0 Å². The number of benzene rings is 1. The number of rotatable bonds is 2. The highest BCUT2D eigenvalue weighted by molar-refractivity contribution is 5.48. The Hall–Kier alpha value is -1.26. The van der Waals surface area contributed by atoms with Crippen LogP contribution in [-0.4, -0.2) is 37.4 Å². The summed E-state index contributed by atoms with van der Waals surface area (Å²) in [6.07, 6.45) is 0. The highest BCUT2D eigenvalue weighted by Gasteiger charge is 2.21. The Kier molecular flexibility index (Phi) is 2.91. The third kappa shape index (κ3) is 2.23. The van der Waals surface area contributed by atoms with Gasteiger partial charge in [-0.05, 0) is 13.0 Å². The number of hydrogen-bond donors (Lipinski definition) is 1. The maximum absolute atomic E-state index is 5.53. The van der Waals surface area contributed by atoms with Crippen molar-refractivity contribution in [2.45, 2.75) is 19.5 Å². The number of hydrogen-bond acceptors (Lipinski definition) is 4. The van der Waals surface area contributed by atoms with Crippen molar-refractivity contribution in [1.29, 1.82) is 0 Å². The average molecular weight is 234 g/mol. The third-order valence-electron chi connectivity index (χ3n) is 3.32. The van der Waals surface area contributed by atoms with Gasteiger partial charge < -0.3 is 14.8 Å². The maximum atomic E-state index is 5.53. The largest absolute Gasteiger partial charge is 0.454 e. The predicted octanol–water partition coefficient (Wildman–Crippen LogP) is 1.21. The molecule has 4 nitrogen and oxygen atoms in total. The Morgan fingerprint density at radius 2 is 2.35 bits per heavy atom. The van der Waals surface area contributed by atoms with Crippen molar-refractivity contribution in [3.8, 4) is 11.5 Å². The summed E-state index contributed by atoms with van der Waals surface area (Å²) in [5, 5.41) is 3.45. The number of nitrogens with zero attached hydrogens (tertiary/aromatic N) is 1. The van der Waals surface area contributed by atoms with Crippen molar-refractivity contribution in [3.05, 3.63) is 23.8 Å². The zero-order valence-electron chi connectivity index (χ0n) is 10.1. The molecule has 0 aliphatic carbocycles. The van der Waals surface area contributed by atoms with E-state index in [1.165, 1.54) is 5.56 Å². The van der Waals surface area contributed by atoms with E-state index in [4.69, 9.17) is 9.47 Å². The van der Waals surface area contributed by atoms with E-state index in [9.17, 15) is 0 Å². The van der Waals surface area contributed by atoms with Gasteiger partial charge in [0.05, 0.1) is 0 Å². The molecular formula is C13H18N2O2. The van der Waals surface area contributed by atoms with Gasteiger partial charge in [0.2, 0.25) is 6.79 Å². The van der Waals surface area contributed by atoms with Gasteiger partial charge in [-0.2, -0.15) is 0 Å². The third-order valence-corrected chi connectivity index (χ3v) is 3.32. The summed E-state index contributed by atoms with van der Waals surface area (Å²) in [6.45, 7) is 6.76. The normalized spacial score (nSPS) is 23.9. The van der Waals surface area contributed by atoms with Crippen LogP contribution < -0.4 is 14.8 Å². The van der Waals surface area contributed by atoms with Crippen molar-refractivity contribution < 1.29 is 9.47 Å². The SMILES string of the molecule is CC1CN(Cc2cccc3c2OCO3)CCN1. The van der Waals surface area contributed by atoms with Crippen LogP contribution in [0.3, 0.4) is 0 Å². The van der Waals surface area contributed by atoms with Crippen molar-refractivity contribution in [2.75, 3.05) is 26.4 Å². The second-order valence-corrected chi connectivity index (χ2v) is 4.74. The van der Waals surface area contributed by atoms with Crippen LogP contribution in [0.25, 0.3) is 0 Å². The molecule has 92 valence electrons. The Labute approximate surface area is 102 Å². The predicted molar refractivity (Wildman–Crippen MR) is 65.3 cm³/mol. The first-order chi connectivity index (χ1) is 8.33. The first-order valence-corrected chi connectivity index (χ1v) is 6.16. The van der Waals surface area contributed by atoms with Crippen LogP contribution in [-0.2, 0) is 6.54 Å². The fourth-order valence-electron chi connectivity index (χ4n) is 2.51. The molecule has 2 aliphatic rings. The highest BCUT2D eigenvalue weighted by Crippen LogP contribution is 2.35. The lowest BCUT2D eigenvalue weighted by molar-refractivity contribution is 0.169. The zero-order chi connectivity index (χ0) is 11.7. The molecule has 1 atom stereocenters. The van der Waals surface area contributed by atoms with Gasteiger partial charge >= 0.3 is 0 Å². The molecule has 1 aromatic carbocycles. The molecule has 17 heavy (non-hydrogen) atoms. The van der Waals surface area contributed by atoms with Gasteiger partial charge in [-0.25, -0.2) is 0 Å². The van der Waals surface area contributed by atoms with Crippen LogP contribution in [0, 0.1) is 0 Å². The molecule has 1 aromatic rings. The average Bonchev–Trinajstić information content (AvgIpc) is 2.78. The molecule has 1 fully saturated rings. The Bertz CT molecular complexity index is 408. The summed E-state index contributed by atoms with van der Waals surface area (Å²) in [7, 11) is 0. The molecular weight excluding hydrogens is 216 g/mol. The molecule has 0 amide bonds. The van der Waals surface area contributed by atoms with Gasteiger partial charge in [0.25, 0.3) is 0 Å². The zero-order valence-corrected chi connectivity index (χ0v) is 10.1. The van der Waals surface area contributed by atoms with Crippen LogP contribution in [0.15, 0.2) is 18.2 Å². The van der Waals surface area contributed by atoms with Gasteiger partial charge in [-0.3, -0.25) is 4.90 Å². The second kappa shape index (κ2) is 4.55. The van der Waals surface area contributed by atoms with E-state index in [-0.39, 0.29) is 0 Å². The standard InChI is InChI=1S/C13H18N2O2/c1-10-7-15(6-5-14-10)8-11-3-2-4-12-13(11)17-9-16-12/h2-4,10,14H,5-9H2,1H3. The maximum Gasteiger partial charge on any atom is 0.231 e. The summed E-state index contributed by atoms with van der Waals surface area (Å²) in [4.78, 5) is 2.46. The minimum atomic E-state index is 0.351. The number of nitrogens with one attached hydrogen (secondary N) is 1. The van der Waals surface area contributed by atoms with E-state index in [1.807, 2.05) is 12.1 Å². The number of piperazine rings is 1. The van der Waals surface area contributed by atoms with Crippen LogP contribution in [0.1, 0.15) is 12.5 Å². The molecule has 0 aromatic heterocycles. The van der Waals surface area contributed by atoms with Crippen LogP contribution in [0.4, 0.5) is 0 Å². The summed E-state index contributed by atoms with van der Waals surface area (Å²) >= 11 is 0. The van der Waals surface area contributed by atoms with Crippen molar-refractivity contribution >= 4 is 0 Å². The molecule has 0 spiro atoms. The van der Waals surface area contributed by atoms with E-state index in [0.29, 0.717) is 12.8 Å². The summed E-state index contributed by atoms with van der Waals surface area (Å²) in [5.74, 6) is 1.81. The van der Waals surface area contributed by atoms with Gasteiger partial charge in [0.1, 0.15) is 0 Å². The van der Waals surface area contributed by atoms with E-state index < -0.39 is 0 Å². The summed E-state index contributed by atoms with van der Waals surface area (Å²) in [6, 6.07) is 6.69. The number of ether oxygens (including phenoxy) is 2. The molecule has 1 N–H and O–H groups in total. The Morgan fingerprint density at radius 3 is 3.24 bits per heavy atom. The monoisotopic (exact) mass is 234 g/mol. The van der Waals surface area contributed by atoms with Gasteiger partial charge in [-0.1, -0.05) is 12.1 Å². The summed E-state index contributed by atoms with van der Waals surface area (Å²) < 4.78 is 10.9. The fourth-order valence-corrected chi connectivity index (χ4v) is 2.51. The first-order valence-electron chi connectivity index (χ1n) is 6.16. The molecule has 0 bridgehead atoms. The van der Waals surface area contributed by atoms with Crippen molar-refractivity contribution in [2.24, 2.45) is 0 Å². The molecule has 2 aliphatic heterocycles. The molecule has 3 rings (SSSR count). The molecule has 1 unspecified atom stereocenters. The van der Waals surface area contributed by atoms with Gasteiger partial charge in [0, 0.05) is 37.8 Å². The Balaban J connectivity index is 1.74. The van der Waals surface area contributed by atoms with Crippen LogP contribution >= 0.6 is 0 Å². The topological polar surface area (TPSA) is 33.7 Å². The van der Waals surface area contributed by atoms with E-state index >= 15 is 0 Å². The molecule has 2 heterocycles. The van der Waals surface area contributed by atoms with Crippen LogP contribution in [0.5, 0.6) is 11.5 Å². The van der Waals surface area contributed by atoms with E-state index in [2.05, 4.69) is 23.2 Å². The van der Waals surface area contributed by atoms with Gasteiger partial charge in [-0.15, -0.1) is 0 Å². The number of fused-ring (bicyclic) bond motifs is 1. The number of para-hydroxylation sites is 1. The smallest absolute Gasteiger partial charge is 0.231 e. The minimum absolute atomic E-state index is 0.351. The first kappa shape index (κ1) is 10.9. The van der Waals surface area contributed by atoms with E-state index in [1.54, 1.807) is 0 Å². The van der Waals surface area contributed by atoms with Crippen LogP contribution in [0.2, 0.25) is 0 Å². The summed E-state index contributed by atoms with van der Waals surface area (Å²) in [5.41, 5.74) is 1.23.